The average molecular weight is 391 g/mol. The molecule has 3 unspecified atom stereocenters. The number of rotatable bonds is 4. The van der Waals surface area contributed by atoms with E-state index in [0.717, 1.165) is 12.2 Å². The molecule has 0 amide bonds. The first-order valence-electron chi connectivity index (χ1n) is 9.10. The van der Waals surface area contributed by atoms with Gasteiger partial charge in [0, 0.05) is 11.8 Å². The second-order valence-corrected chi connectivity index (χ2v) is 12.1. The van der Waals surface area contributed by atoms with Gasteiger partial charge in [-0.3, -0.25) is 9.59 Å². The number of Topliss-reactive ketones (excluding diaryl/α,β-unsaturated/α-hetero) is 2. The molecule has 2 bridgehead atoms. The number of ketones is 2. The highest BCUT2D eigenvalue weighted by molar-refractivity contribution is 7.97. The maximum Gasteiger partial charge on any atom is 0.181 e. The van der Waals surface area contributed by atoms with Gasteiger partial charge in [0.15, 0.2) is 17.3 Å². The lowest BCUT2D eigenvalue weighted by Crippen LogP contribution is -2.38. The molecule has 3 fully saturated rings. The molecule has 0 aromatic rings. The first-order valence-corrected chi connectivity index (χ1v) is 12.3. The predicted octanol–water partition coefficient (Wildman–Crippen LogP) is 2.30. The lowest BCUT2D eigenvalue weighted by atomic mass is 9.70. The molecule has 1 heterocycles. The molecule has 0 spiro atoms. The summed E-state index contributed by atoms with van der Waals surface area (Å²) >= 11 is 0. The van der Waals surface area contributed by atoms with Crippen LogP contribution in [0.1, 0.15) is 59.8 Å². The third-order valence-corrected chi connectivity index (χ3v) is 10.3. The smallest absolute Gasteiger partial charge is 0.181 e. The molecule has 7 heteroatoms. The lowest BCUT2D eigenvalue weighted by Gasteiger charge is -2.32. The number of carbonyl (C=O) groups is 2. The summed E-state index contributed by atoms with van der Waals surface area (Å²) in [5, 5.41) is -1.30. The molecule has 0 N–H and O–H groups in total. The van der Waals surface area contributed by atoms with Gasteiger partial charge in [0.05, 0.1) is 0 Å². The van der Waals surface area contributed by atoms with Gasteiger partial charge in [0.1, 0.15) is 26.9 Å². The van der Waals surface area contributed by atoms with Gasteiger partial charge in [-0.1, -0.05) is 27.7 Å². The van der Waals surface area contributed by atoms with Crippen LogP contribution < -0.4 is 0 Å². The molecule has 144 valence electrons. The zero-order chi connectivity index (χ0) is 19.0. The van der Waals surface area contributed by atoms with Crippen molar-refractivity contribution in [2.45, 2.75) is 65.0 Å². The van der Waals surface area contributed by atoms with Crippen LogP contribution in [-0.4, -0.2) is 47.0 Å². The number of hydrogen-bond donors (Lipinski definition) is 0. The molecule has 1 aliphatic heterocycles. The van der Waals surface area contributed by atoms with Crippen LogP contribution in [0.2, 0.25) is 0 Å². The van der Waals surface area contributed by atoms with Crippen molar-refractivity contribution < 1.29 is 22.6 Å². The molecule has 0 aromatic heterocycles. The second-order valence-electron chi connectivity index (χ2n) is 8.24. The Morgan fingerprint density at radius 3 is 2.16 bits per heavy atom. The third kappa shape index (κ3) is 3.83. The molecule has 1 saturated heterocycles. The standard InChI is InChI=1S/C10H16O4S.C8H15OS/c1-9(2)6-4-5-10(9,3)8(11)7(6)15(12,13)14;1-2-8(9)7-10-5-3-4-6-10/h6-7H,4-5H2,1-3H3,(H,12,13,14);2-7H2,1H3/q;+1/p-1. The normalized spacial score (nSPS) is 34.0. The van der Waals surface area contributed by atoms with Crippen molar-refractivity contribution >= 4 is 32.6 Å². The van der Waals surface area contributed by atoms with Crippen molar-refractivity contribution in [2.75, 3.05) is 17.3 Å². The molecule has 3 aliphatic rings. The molecule has 3 atom stereocenters. The van der Waals surface area contributed by atoms with Gasteiger partial charge in [0.2, 0.25) is 0 Å². The minimum absolute atomic E-state index is 0.294. The van der Waals surface area contributed by atoms with Crippen LogP contribution in [0.4, 0.5) is 0 Å². The monoisotopic (exact) mass is 390 g/mol. The van der Waals surface area contributed by atoms with E-state index >= 15 is 0 Å². The molecule has 0 radical (unpaired) electrons. The highest BCUT2D eigenvalue weighted by Gasteiger charge is 2.67. The summed E-state index contributed by atoms with van der Waals surface area (Å²) in [6, 6.07) is 0. The van der Waals surface area contributed by atoms with Crippen LogP contribution in [0.25, 0.3) is 0 Å². The highest BCUT2D eigenvalue weighted by Crippen LogP contribution is 2.64. The summed E-state index contributed by atoms with van der Waals surface area (Å²) < 4.78 is 33.3. The maximum atomic E-state index is 12.0. The van der Waals surface area contributed by atoms with Gasteiger partial charge < -0.3 is 4.55 Å². The molecule has 0 aromatic carbocycles. The summed E-state index contributed by atoms with van der Waals surface area (Å²) in [7, 11) is -4.00. The zero-order valence-electron chi connectivity index (χ0n) is 15.7. The number of hydrogen-bond acceptors (Lipinski definition) is 5. The quantitative estimate of drug-likeness (QED) is 0.542. The first kappa shape index (κ1) is 20.9. The topological polar surface area (TPSA) is 91.3 Å². The van der Waals surface area contributed by atoms with Crippen molar-refractivity contribution in [2.24, 2.45) is 16.7 Å². The Morgan fingerprint density at radius 1 is 1.24 bits per heavy atom. The van der Waals surface area contributed by atoms with E-state index in [4.69, 9.17) is 0 Å². The molecule has 25 heavy (non-hydrogen) atoms. The van der Waals surface area contributed by atoms with Crippen molar-refractivity contribution in [1.82, 2.24) is 0 Å². The third-order valence-electron chi connectivity index (χ3n) is 6.66. The minimum Gasteiger partial charge on any atom is -0.747 e. The van der Waals surface area contributed by atoms with Crippen molar-refractivity contribution in [3.8, 4) is 0 Å². The second kappa shape index (κ2) is 7.31. The Labute approximate surface area is 154 Å². The fraction of sp³-hybridized carbons (Fsp3) is 0.889. The summed E-state index contributed by atoms with van der Waals surface area (Å²) in [5.41, 5.74) is -0.994. The largest absolute Gasteiger partial charge is 0.747 e. The summed E-state index contributed by atoms with van der Waals surface area (Å²) in [4.78, 5) is 22.9. The van der Waals surface area contributed by atoms with E-state index in [1.54, 1.807) is 6.92 Å². The van der Waals surface area contributed by atoms with Gasteiger partial charge in [-0.2, -0.15) is 0 Å². The summed E-state index contributed by atoms with van der Waals surface area (Å²) in [6.45, 7) is 7.55. The lowest BCUT2D eigenvalue weighted by molar-refractivity contribution is -0.128. The van der Waals surface area contributed by atoms with Crippen LogP contribution in [0.5, 0.6) is 0 Å². The van der Waals surface area contributed by atoms with Crippen molar-refractivity contribution in [3.63, 3.8) is 0 Å². The van der Waals surface area contributed by atoms with Crippen LogP contribution in [-0.2, 0) is 30.6 Å². The highest BCUT2D eigenvalue weighted by atomic mass is 32.2. The van der Waals surface area contributed by atoms with E-state index in [2.05, 4.69) is 0 Å². The van der Waals surface area contributed by atoms with E-state index in [1.165, 1.54) is 24.3 Å². The molecule has 5 nitrogen and oxygen atoms in total. The molecule has 2 aliphatic carbocycles. The van der Waals surface area contributed by atoms with E-state index in [-0.39, 0.29) is 17.1 Å². The van der Waals surface area contributed by atoms with Crippen LogP contribution in [0, 0.1) is 16.7 Å². The fourth-order valence-corrected chi connectivity index (χ4v) is 8.30. The Hall–Kier alpha value is -0.400. The first-order chi connectivity index (χ1) is 11.4. The Bertz CT molecular complexity index is 634. The van der Waals surface area contributed by atoms with E-state index in [0.29, 0.717) is 29.5 Å². The summed E-state index contributed by atoms with van der Waals surface area (Å²) in [5.74, 6) is 3.34. The van der Waals surface area contributed by atoms with E-state index in [9.17, 15) is 22.6 Å². The van der Waals surface area contributed by atoms with Gasteiger partial charge in [-0.25, -0.2) is 8.42 Å². The van der Waals surface area contributed by atoms with E-state index in [1.807, 2.05) is 20.8 Å². The molecular weight excluding hydrogens is 360 g/mol. The Morgan fingerprint density at radius 2 is 1.80 bits per heavy atom. The Balaban J connectivity index is 0.000000196. The van der Waals surface area contributed by atoms with Crippen molar-refractivity contribution in [1.29, 1.82) is 0 Å². The van der Waals surface area contributed by atoms with Crippen LogP contribution >= 0.6 is 0 Å². The Kier molecular flexibility index (Phi) is 6.12. The number of carbonyl (C=O) groups excluding carboxylic acids is 2. The fourth-order valence-electron chi connectivity index (χ4n) is 4.52. The summed E-state index contributed by atoms with van der Waals surface area (Å²) in [6.07, 6.45) is 4.83. The van der Waals surface area contributed by atoms with Gasteiger partial charge in [-0.05, 0) is 47.9 Å². The van der Waals surface area contributed by atoms with Crippen LogP contribution in [0.15, 0.2) is 0 Å². The number of fused-ring (bicyclic) bond motifs is 2. The van der Waals surface area contributed by atoms with E-state index < -0.39 is 20.8 Å². The van der Waals surface area contributed by atoms with Crippen molar-refractivity contribution in [3.05, 3.63) is 0 Å². The predicted molar refractivity (Wildman–Crippen MR) is 99.6 cm³/mol. The maximum absolute atomic E-state index is 12.0. The van der Waals surface area contributed by atoms with Crippen LogP contribution in [0.3, 0.4) is 0 Å². The van der Waals surface area contributed by atoms with Gasteiger partial charge >= 0.3 is 0 Å². The SMILES string of the molecule is CC12CCC(C(S(=O)(=O)[O-])C1=O)C2(C)C.CCC(=O)C[S+]1CCCC1. The molecule has 2 saturated carbocycles. The average Bonchev–Trinajstić information content (AvgIpc) is 3.12. The minimum atomic E-state index is -4.49. The van der Waals surface area contributed by atoms with Gasteiger partial charge in [-0.15, -0.1) is 0 Å². The zero-order valence-corrected chi connectivity index (χ0v) is 17.3. The van der Waals surface area contributed by atoms with Gasteiger partial charge in [0.25, 0.3) is 0 Å². The molecular formula is C18H30O5S2. The molecule has 3 rings (SSSR count).